The lowest BCUT2D eigenvalue weighted by atomic mass is 9.91. The van der Waals surface area contributed by atoms with Crippen LogP contribution >= 0.6 is 0 Å². The minimum absolute atomic E-state index is 0.0356. The molecule has 104 valence electrons. The second-order valence-electron chi connectivity index (χ2n) is 4.76. The summed E-state index contributed by atoms with van der Waals surface area (Å²) in [6.07, 6.45) is 3.12. The minimum Gasteiger partial charge on any atom is -0.497 e. The Morgan fingerprint density at radius 1 is 1.53 bits per heavy atom. The molecule has 5 nitrogen and oxygen atoms in total. The first-order valence-electron chi connectivity index (χ1n) is 6.52. The van der Waals surface area contributed by atoms with Gasteiger partial charge in [-0.3, -0.25) is 4.79 Å². The molecular weight excluding hydrogens is 244 g/mol. The average molecular weight is 264 g/mol. The minimum atomic E-state index is -0.129. The molecule has 0 atom stereocenters. The SMILES string of the molecule is COc1ccc(N)c(C(=O)N(CCO)C2CCC2)c1. The number of aliphatic hydroxyl groups is 1. The van der Waals surface area contributed by atoms with E-state index in [9.17, 15) is 4.79 Å². The number of nitrogen functional groups attached to an aromatic ring is 1. The largest absolute Gasteiger partial charge is 0.497 e. The van der Waals surface area contributed by atoms with Crippen molar-refractivity contribution in [1.82, 2.24) is 4.90 Å². The molecule has 0 unspecified atom stereocenters. The van der Waals surface area contributed by atoms with Crippen LogP contribution in [-0.2, 0) is 0 Å². The molecule has 0 spiro atoms. The Bertz CT molecular complexity index is 458. The number of methoxy groups -OCH3 is 1. The van der Waals surface area contributed by atoms with Gasteiger partial charge < -0.3 is 20.5 Å². The summed E-state index contributed by atoms with van der Waals surface area (Å²) in [7, 11) is 1.55. The molecule has 1 fully saturated rings. The fourth-order valence-corrected chi connectivity index (χ4v) is 2.26. The molecule has 0 aromatic heterocycles. The topological polar surface area (TPSA) is 75.8 Å². The number of carbonyl (C=O) groups excluding carboxylic acids is 1. The maximum absolute atomic E-state index is 12.5. The molecule has 19 heavy (non-hydrogen) atoms. The number of hydrogen-bond donors (Lipinski definition) is 2. The van der Waals surface area contributed by atoms with E-state index in [0.29, 0.717) is 23.5 Å². The van der Waals surface area contributed by atoms with Crippen molar-refractivity contribution in [2.24, 2.45) is 0 Å². The Balaban J connectivity index is 2.24. The number of nitrogens with zero attached hydrogens (tertiary/aromatic N) is 1. The summed E-state index contributed by atoms with van der Waals surface area (Å²) in [6, 6.07) is 5.28. The average Bonchev–Trinajstić information content (AvgIpc) is 2.36. The molecule has 0 bridgehead atoms. The first-order valence-corrected chi connectivity index (χ1v) is 6.52. The molecule has 1 amide bonds. The third-order valence-electron chi connectivity index (χ3n) is 3.61. The van der Waals surface area contributed by atoms with E-state index in [0.717, 1.165) is 19.3 Å². The molecule has 1 aliphatic rings. The van der Waals surface area contributed by atoms with Gasteiger partial charge in [-0.2, -0.15) is 0 Å². The van der Waals surface area contributed by atoms with Crippen LogP contribution in [0.15, 0.2) is 18.2 Å². The van der Waals surface area contributed by atoms with Crippen molar-refractivity contribution in [3.8, 4) is 5.75 Å². The quantitative estimate of drug-likeness (QED) is 0.785. The van der Waals surface area contributed by atoms with Crippen LogP contribution in [0.3, 0.4) is 0 Å². The van der Waals surface area contributed by atoms with E-state index >= 15 is 0 Å². The predicted molar refractivity (Wildman–Crippen MR) is 73.2 cm³/mol. The molecule has 1 saturated carbocycles. The van der Waals surface area contributed by atoms with Gasteiger partial charge in [-0.1, -0.05) is 0 Å². The Kier molecular flexibility index (Phi) is 4.27. The van der Waals surface area contributed by atoms with Crippen LogP contribution in [0.4, 0.5) is 5.69 Å². The molecule has 0 saturated heterocycles. The van der Waals surface area contributed by atoms with Crippen molar-refractivity contribution < 1.29 is 14.6 Å². The summed E-state index contributed by atoms with van der Waals surface area (Å²) in [5, 5.41) is 9.12. The van der Waals surface area contributed by atoms with E-state index in [-0.39, 0.29) is 18.6 Å². The summed E-state index contributed by atoms with van der Waals surface area (Å²) < 4.78 is 5.12. The van der Waals surface area contributed by atoms with E-state index in [4.69, 9.17) is 15.6 Å². The van der Waals surface area contributed by atoms with Crippen LogP contribution in [0.5, 0.6) is 5.75 Å². The zero-order valence-electron chi connectivity index (χ0n) is 11.1. The third-order valence-corrected chi connectivity index (χ3v) is 3.61. The van der Waals surface area contributed by atoms with Gasteiger partial charge in [0, 0.05) is 18.3 Å². The summed E-state index contributed by atoms with van der Waals surface area (Å²) in [5.74, 6) is 0.477. The van der Waals surface area contributed by atoms with Gasteiger partial charge in [0.25, 0.3) is 5.91 Å². The Morgan fingerprint density at radius 2 is 2.26 bits per heavy atom. The molecule has 0 aliphatic heterocycles. The molecule has 3 N–H and O–H groups in total. The number of rotatable bonds is 5. The van der Waals surface area contributed by atoms with Gasteiger partial charge in [0.2, 0.25) is 0 Å². The molecule has 0 heterocycles. The monoisotopic (exact) mass is 264 g/mol. The predicted octanol–water partition coefficient (Wildman–Crippen LogP) is 1.26. The molecule has 1 aliphatic carbocycles. The number of aliphatic hydroxyl groups excluding tert-OH is 1. The summed E-state index contributed by atoms with van der Waals surface area (Å²) in [5.41, 5.74) is 6.76. The second-order valence-corrected chi connectivity index (χ2v) is 4.76. The summed E-state index contributed by atoms with van der Waals surface area (Å²) in [6.45, 7) is 0.312. The zero-order chi connectivity index (χ0) is 13.8. The van der Waals surface area contributed by atoms with E-state index in [1.807, 2.05) is 0 Å². The summed E-state index contributed by atoms with van der Waals surface area (Å²) in [4.78, 5) is 14.3. The Hall–Kier alpha value is -1.75. The fraction of sp³-hybridized carbons (Fsp3) is 0.500. The number of amides is 1. The second kappa shape index (κ2) is 5.93. The van der Waals surface area contributed by atoms with Crippen LogP contribution < -0.4 is 10.5 Å². The van der Waals surface area contributed by atoms with Crippen LogP contribution in [-0.4, -0.2) is 42.2 Å². The van der Waals surface area contributed by atoms with E-state index in [2.05, 4.69) is 0 Å². The van der Waals surface area contributed by atoms with Gasteiger partial charge in [0.15, 0.2) is 0 Å². The maximum Gasteiger partial charge on any atom is 0.256 e. The highest BCUT2D eigenvalue weighted by molar-refractivity contribution is 5.99. The normalized spacial score (nSPS) is 14.8. The first-order chi connectivity index (χ1) is 9.17. The van der Waals surface area contributed by atoms with Gasteiger partial charge in [0.1, 0.15) is 5.75 Å². The maximum atomic E-state index is 12.5. The molecule has 1 aromatic rings. The van der Waals surface area contributed by atoms with Crippen molar-refractivity contribution >= 4 is 11.6 Å². The van der Waals surface area contributed by atoms with E-state index < -0.39 is 0 Å². The molecule has 2 rings (SSSR count). The van der Waals surface area contributed by atoms with Gasteiger partial charge >= 0.3 is 0 Å². The van der Waals surface area contributed by atoms with Crippen LogP contribution in [0, 0.1) is 0 Å². The van der Waals surface area contributed by atoms with Crippen LogP contribution in [0.25, 0.3) is 0 Å². The zero-order valence-corrected chi connectivity index (χ0v) is 11.1. The van der Waals surface area contributed by atoms with Gasteiger partial charge in [0.05, 0.1) is 19.3 Å². The Labute approximate surface area is 113 Å². The summed E-state index contributed by atoms with van der Waals surface area (Å²) >= 11 is 0. The van der Waals surface area contributed by atoms with Crippen molar-refractivity contribution in [2.75, 3.05) is 26.0 Å². The number of nitrogens with two attached hydrogens (primary N) is 1. The number of benzene rings is 1. The number of hydrogen-bond acceptors (Lipinski definition) is 4. The van der Waals surface area contributed by atoms with Gasteiger partial charge in [-0.15, -0.1) is 0 Å². The highest BCUT2D eigenvalue weighted by Crippen LogP contribution is 2.28. The van der Waals surface area contributed by atoms with Crippen LogP contribution in [0.1, 0.15) is 29.6 Å². The molecule has 0 radical (unpaired) electrons. The van der Waals surface area contributed by atoms with Crippen LogP contribution in [0.2, 0.25) is 0 Å². The van der Waals surface area contributed by atoms with Crippen molar-refractivity contribution in [1.29, 1.82) is 0 Å². The third kappa shape index (κ3) is 2.81. The van der Waals surface area contributed by atoms with E-state index in [1.165, 1.54) is 0 Å². The standard InChI is InChI=1S/C14H20N2O3/c1-19-11-5-6-13(15)12(9-11)14(18)16(7-8-17)10-3-2-4-10/h5-6,9-10,17H,2-4,7-8,15H2,1H3. The number of anilines is 1. The van der Waals surface area contributed by atoms with Gasteiger partial charge in [-0.05, 0) is 37.5 Å². The van der Waals surface area contributed by atoms with Crippen molar-refractivity contribution in [3.63, 3.8) is 0 Å². The Morgan fingerprint density at radius 3 is 2.79 bits per heavy atom. The highest BCUT2D eigenvalue weighted by atomic mass is 16.5. The smallest absolute Gasteiger partial charge is 0.256 e. The molecule has 5 heteroatoms. The highest BCUT2D eigenvalue weighted by Gasteiger charge is 2.29. The fourth-order valence-electron chi connectivity index (χ4n) is 2.26. The van der Waals surface area contributed by atoms with Gasteiger partial charge in [-0.25, -0.2) is 0 Å². The van der Waals surface area contributed by atoms with Crippen molar-refractivity contribution in [2.45, 2.75) is 25.3 Å². The number of ether oxygens (including phenoxy) is 1. The molecule has 1 aromatic carbocycles. The lowest BCUT2D eigenvalue weighted by Gasteiger charge is -2.37. The lowest BCUT2D eigenvalue weighted by Crippen LogP contribution is -2.45. The number of carbonyl (C=O) groups is 1. The first kappa shape index (κ1) is 13.7. The molecular formula is C14H20N2O3. The van der Waals surface area contributed by atoms with Crippen molar-refractivity contribution in [3.05, 3.63) is 23.8 Å². The van der Waals surface area contributed by atoms with E-state index in [1.54, 1.807) is 30.2 Å². The lowest BCUT2D eigenvalue weighted by molar-refractivity contribution is 0.0526.